The molecule has 0 saturated carbocycles. The number of ether oxygens (including phenoxy) is 1. The van der Waals surface area contributed by atoms with Crippen LogP contribution in [0.1, 0.15) is 0 Å². The molecule has 0 unspecified atom stereocenters. The summed E-state index contributed by atoms with van der Waals surface area (Å²) in [4.78, 5) is 13.3. The summed E-state index contributed by atoms with van der Waals surface area (Å²) in [5.41, 5.74) is 5.40. The fraction of sp³-hybridized carbons (Fsp3) is 0.500. The molecule has 0 saturated heterocycles. The standard InChI is InChI=1S/C6H11N5O/c1-11(2)5-8-4(7)9-6(10-5)12-3/h1-3H3,(H2,7,8,9,10). The summed E-state index contributed by atoms with van der Waals surface area (Å²) in [5, 5.41) is 0. The van der Waals surface area contributed by atoms with Crippen molar-refractivity contribution in [3.8, 4) is 6.01 Å². The van der Waals surface area contributed by atoms with E-state index in [4.69, 9.17) is 10.5 Å². The molecule has 0 spiro atoms. The SMILES string of the molecule is COc1nc(N)nc(N(C)C)n1. The fourth-order valence-corrected chi connectivity index (χ4v) is 0.652. The molecule has 0 aliphatic heterocycles. The highest BCUT2D eigenvalue weighted by Gasteiger charge is 2.04. The van der Waals surface area contributed by atoms with Crippen LogP contribution >= 0.6 is 0 Å². The van der Waals surface area contributed by atoms with Crippen LogP contribution in [-0.4, -0.2) is 36.2 Å². The van der Waals surface area contributed by atoms with E-state index >= 15 is 0 Å². The third kappa shape index (κ3) is 1.71. The molecule has 1 rings (SSSR count). The smallest absolute Gasteiger partial charge is 0.322 e. The van der Waals surface area contributed by atoms with E-state index in [0.29, 0.717) is 5.95 Å². The number of nitrogen functional groups attached to an aromatic ring is 1. The Kier molecular flexibility index (Phi) is 2.27. The number of hydrogen-bond donors (Lipinski definition) is 1. The lowest BCUT2D eigenvalue weighted by atomic mass is 10.8. The number of methoxy groups -OCH3 is 1. The Morgan fingerprint density at radius 1 is 1.25 bits per heavy atom. The summed E-state index contributed by atoms with van der Waals surface area (Å²) in [7, 11) is 5.11. The van der Waals surface area contributed by atoms with Gasteiger partial charge >= 0.3 is 6.01 Å². The van der Waals surface area contributed by atoms with Gasteiger partial charge in [0.1, 0.15) is 0 Å². The van der Waals surface area contributed by atoms with E-state index in [1.165, 1.54) is 7.11 Å². The third-order valence-electron chi connectivity index (χ3n) is 1.20. The lowest BCUT2D eigenvalue weighted by molar-refractivity contribution is 0.379. The molecule has 66 valence electrons. The van der Waals surface area contributed by atoms with Crippen LogP contribution in [0.5, 0.6) is 6.01 Å². The minimum atomic E-state index is 0.158. The van der Waals surface area contributed by atoms with Gasteiger partial charge in [-0.05, 0) is 0 Å². The number of hydrogen-bond acceptors (Lipinski definition) is 6. The molecule has 12 heavy (non-hydrogen) atoms. The molecule has 1 aromatic heterocycles. The lowest BCUT2D eigenvalue weighted by Gasteiger charge is -2.10. The molecule has 6 heteroatoms. The molecular weight excluding hydrogens is 158 g/mol. The van der Waals surface area contributed by atoms with E-state index in [2.05, 4.69) is 15.0 Å². The van der Waals surface area contributed by atoms with Crippen LogP contribution in [0.3, 0.4) is 0 Å². The van der Waals surface area contributed by atoms with Crippen molar-refractivity contribution in [3.63, 3.8) is 0 Å². The topological polar surface area (TPSA) is 77.2 Å². The molecular formula is C6H11N5O. The summed E-state index contributed by atoms with van der Waals surface area (Å²) in [6.07, 6.45) is 0. The van der Waals surface area contributed by atoms with Gasteiger partial charge in [-0.1, -0.05) is 0 Å². The van der Waals surface area contributed by atoms with Crippen LogP contribution in [0.15, 0.2) is 0 Å². The second-order valence-electron chi connectivity index (χ2n) is 2.37. The monoisotopic (exact) mass is 169 g/mol. The normalized spacial score (nSPS) is 9.58. The summed E-state index contributed by atoms with van der Waals surface area (Å²) in [6.45, 7) is 0. The van der Waals surface area contributed by atoms with Gasteiger partial charge in [0.05, 0.1) is 7.11 Å². The Balaban J connectivity index is 3.06. The maximum atomic E-state index is 5.40. The molecule has 0 fully saturated rings. The highest BCUT2D eigenvalue weighted by molar-refractivity contribution is 5.33. The molecule has 6 nitrogen and oxygen atoms in total. The Bertz CT molecular complexity index is 275. The molecule has 2 N–H and O–H groups in total. The van der Waals surface area contributed by atoms with Gasteiger partial charge in [0.2, 0.25) is 11.9 Å². The molecule has 0 aliphatic rings. The van der Waals surface area contributed by atoms with Crippen molar-refractivity contribution < 1.29 is 4.74 Å². The van der Waals surface area contributed by atoms with Crippen molar-refractivity contribution in [2.24, 2.45) is 0 Å². The van der Waals surface area contributed by atoms with Gasteiger partial charge in [0.15, 0.2) is 0 Å². The van der Waals surface area contributed by atoms with E-state index < -0.39 is 0 Å². The van der Waals surface area contributed by atoms with Crippen LogP contribution in [0.25, 0.3) is 0 Å². The highest BCUT2D eigenvalue weighted by atomic mass is 16.5. The Labute approximate surface area is 70.4 Å². The first kappa shape index (κ1) is 8.51. The van der Waals surface area contributed by atoms with Gasteiger partial charge in [0.25, 0.3) is 0 Å². The van der Waals surface area contributed by atoms with Gasteiger partial charge in [-0.25, -0.2) is 0 Å². The van der Waals surface area contributed by atoms with Crippen molar-refractivity contribution >= 4 is 11.9 Å². The van der Waals surface area contributed by atoms with Gasteiger partial charge in [-0.2, -0.15) is 15.0 Å². The molecule has 0 aliphatic carbocycles. The predicted octanol–water partition coefficient (Wildman–Crippen LogP) is -0.472. The first-order valence-electron chi connectivity index (χ1n) is 3.36. The first-order chi connectivity index (χ1) is 5.63. The number of rotatable bonds is 2. The van der Waals surface area contributed by atoms with Crippen molar-refractivity contribution in [2.45, 2.75) is 0 Å². The number of aromatic nitrogens is 3. The van der Waals surface area contributed by atoms with Crippen LogP contribution in [0, 0.1) is 0 Å². The molecule has 0 radical (unpaired) electrons. The average Bonchev–Trinajstić information content (AvgIpc) is 2.03. The number of anilines is 2. The Morgan fingerprint density at radius 2 is 1.92 bits per heavy atom. The van der Waals surface area contributed by atoms with Crippen LogP contribution in [0.4, 0.5) is 11.9 Å². The maximum absolute atomic E-state index is 5.40. The molecule has 0 amide bonds. The summed E-state index contributed by atoms with van der Waals surface area (Å²) in [5.74, 6) is 0.643. The average molecular weight is 169 g/mol. The van der Waals surface area contributed by atoms with Gasteiger partial charge in [0, 0.05) is 14.1 Å². The van der Waals surface area contributed by atoms with Crippen LogP contribution in [0.2, 0.25) is 0 Å². The largest absolute Gasteiger partial charge is 0.467 e. The van der Waals surface area contributed by atoms with Crippen molar-refractivity contribution in [3.05, 3.63) is 0 Å². The van der Waals surface area contributed by atoms with E-state index in [0.717, 1.165) is 0 Å². The Morgan fingerprint density at radius 3 is 2.42 bits per heavy atom. The first-order valence-corrected chi connectivity index (χ1v) is 3.36. The molecule has 0 atom stereocenters. The molecule has 1 heterocycles. The highest BCUT2D eigenvalue weighted by Crippen LogP contribution is 2.09. The van der Waals surface area contributed by atoms with Gasteiger partial charge in [-0.15, -0.1) is 0 Å². The minimum absolute atomic E-state index is 0.158. The summed E-state index contributed by atoms with van der Waals surface area (Å²) < 4.78 is 4.82. The quantitative estimate of drug-likeness (QED) is 0.644. The van der Waals surface area contributed by atoms with E-state index in [9.17, 15) is 0 Å². The molecule has 0 aromatic carbocycles. The van der Waals surface area contributed by atoms with Crippen molar-refractivity contribution in [1.82, 2.24) is 15.0 Å². The van der Waals surface area contributed by atoms with Crippen LogP contribution in [-0.2, 0) is 0 Å². The van der Waals surface area contributed by atoms with E-state index in [1.807, 2.05) is 14.1 Å². The summed E-state index contributed by atoms with van der Waals surface area (Å²) in [6, 6.07) is 0.228. The van der Waals surface area contributed by atoms with Gasteiger partial charge in [-0.3, -0.25) is 0 Å². The molecule has 0 bridgehead atoms. The van der Waals surface area contributed by atoms with Gasteiger partial charge < -0.3 is 15.4 Å². The van der Waals surface area contributed by atoms with E-state index in [-0.39, 0.29) is 12.0 Å². The Hall–Kier alpha value is -1.59. The third-order valence-corrected chi connectivity index (χ3v) is 1.20. The van der Waals surface area contributed by atoms with Crippen molar-refractivity contribution in [2.75, 3.05) is 31.8 Å². The maximum Gasteiger partial charge on any atom is 0.322 e. The zero-order valence-electron chi connectivity index (χ0n) is 7.27. The lowest BCUT2D eigenvalue weighted by Crippen LogP contribution is -2.15. The zero-order valence-corrected chi connectivity index (χ0v) is 7.27. The second-order valence-corrected chi connectivity index (χ2v) is 2.37. The fourth-order valence-electron chi connectivity index (χ4n) is 0.652. The summed E-state index contributed by atoms with van der Waals surface area (Å²) >= 11 is 0. The zero-order chi connectivity index (χ0) is 9.14. The minimum Gasteiger partial charge on any atom is -0.467 e. The molecule has 1 aromatic rings. The second kappa shape index (κ2) is 3.21. The van der Waals surface area contributed by atoms with Crippen LogP contribution < -0.4 is 15.4 Å². The number of nitrogens with two attached hydrogens (primary N) is 1. The van der Waals surface area contributed by atoms with Crippen molar-refractivity contribution in [1.29, 1.82) is 0 Å². The predicted molar refractivity (Wildman–Crippen MR) is 45.1 cm³/mol. The van der Waals surface area contributed by atoms with E-state index in [1.54, 1.807) is 4.90 Å². The number of nitrogens with zero attached hydrogens (tertiary/aromatic N) is 4.